The van der Waals surface area contributed by atoms with E-state index in [4.69, 9.17) is 0 Å². The molecule has 2 amide bonds. The highest BCUT2D eigenvalue weighted by atomic mass is 16.2. The van der Waals surface area contributed by atoms with E-state index in [1.807, 2.05) is 36.4 Å². The monoisotopic (exact) mass is 397 g/mol. The quantitative estimate of drug-likeness (QED) is 0.489. The maximum atomic E-state index is 13.5. The van der Waals surface area contributed by atoms with Gasteiger partial charge in [0, 0.05) is 31.2 Å². The number of anilines is 1. The lowest BCUT2D eigenvalue weighted by atomic mass is 10.0. The fourth-order valence-corrected chi connectivity index (χ4v) is 3.87. The van der Waals surface area contributed by atoms with E-state index in [1.165, 1.54) is 11.1 Å². The molecule has 7 heteroatoms. The largest absolute Gasteiger partial charge is 0.268 e. The van der Waals surface area contributed by atoms with Gasteiger partial charge in [0.05, 0.1) is 22.2 Å². The molecular formula is C23H19N5O2. The molecule has 0 saturated heterocycles. The minimum absolute atomic E-state index is 0.290. The number of aryl methyl sites for hydroxylation is 1. The van der Waals surface area contributed by atoms with Crippen LogP contribution in [0.4, 0.5) is 5.69 Å². The molecule has 1 aliphatic rings. The van der Waals surface area contributed by atoms with E-state index in [0.29, 0.717) is 39.5 Å². The number of carbonyl (C=O) groups is 2. The molecule has 0 saturated carbocycles. The molecule has 0 radical (unpaired) electrons. The molecule has 4 aromatic rings. The maximum Gasteiger partial charge on any atom is 0.267 e. The highest BCUT2D eigenvalue weighted by Crippen LogP contribution is 2.37. The molecule has 0 unspecified atom stereocenters. The van der Waals surface area contributed by atoms with E-state index in [0.717, 1.165) is 11.1 Å². The number of benzene rings is 1. The third-order valence-electron chi connectivity index (χ3n) is 5.46. The lowest BCUT2D eigenvalue weighted by molar-refractivity contribution is 0.0926. The Kier molecular flexibility index (Phi) is 3.99. The summed E-state index contributed by atoms with van der Waals surface area (Å²) in [4.78, 5) is 36.4. The summed E-state index contributed by atoms with van der Waals surface area (Å²) >= 11 is 0. The molecule has 0 spiro atoms. The standard InChI is InChI=1S/C23H19N5O2/c1-13(2)14-6-8-16(9-7-14)28-22(29)17-12-25-21-19(18(17)23(28)30)20(26-27(21)3)15-5-4-10-24-11-15/h4-13H,1-3H3. The number of amides is 2. The topological polar surface area (TPSA) is 81.0 Å². The summed E-state index contributed by atoms with van der Waals surface area (Å²) in [5.74, 6) is -0.372. The molecule has 0 bridgehead atoms. The van der Waals surface area contributed by atoms with Crippen molar-refractivity contribution in [3.8, 4) is 11.3 Å². The number of fused-ring (bicyclic) bond motifs is 3. The van der Waals surface area contributed by atoms with E-state index >= 15 is 0 Å². The lowest BCUT2D eigenvalue weighted by Crippen LogP contribution is -2.29. The molecule has 0 fully saturated rings. The van der Waals surface area contributed by atoms with Crippen molar-refractivity contribution in [3.05, 3.63) is 71.7 Å². The minimum Gasteiger partial charge on any atom is -0.268 e. The Morgan fingerprint density at radius 3 is 2.40 bits per heavy atom. The average Bonchev–Trinajstić information content (AvgIpc) is 3.23. The molecule has 5 rings (SSSR count). The number of nitrogens with zero attached hydrogens (tertiary/aromatic N) is 5. The molecule has 7 nitrogen and oxygen atoms in total. The molecule has 0 aliphatic carbocycles. The number of aromatic nitrogens is 4. The Labute approximate surface area is 173 Å². The molecule has 30 heavy (non-hydrogen) atoms. The Bertz CT molecular complexity index is 1310. The fraction of sp³-hybridized carbons (Fsp3) is 0.174. The van der Waals surface area contributed by atoms with Crippen molar-refractivity contribution in [3.63, 3.8) is 0 Å². The normalized spacial score (nSPS) is 13.5. The van der Waals surface area contributed by atoms with Gasteiger partial charge in [-0.15, -0.1) is 0 Å². The smallest absolute Gasteiger partial charge is 0.267 e. The number of imide groups is 1. The number of hydrogen-bond acceptors (Lipinski definition) is 5. The molecule has 4 heterocycles. The summed E-state index contributed by atoms with van der Waals surface area (Å²) in [6.07, 6.45) is 4.83. The van der Waals surface area contributed by atoms with E-state index in [-0.39, 0.29) is 11.8 Å². The highest BCUT2D eigenvalue weighted by Gasteiger charge is 2.40. The van der Waals surface area contributed by atoms with Crippen LogP contribution in [0.1, 0.15) is 46.0 Å². The van der Waals surface area contributed by atoms with Crippen molar-refractivity contribution < 1.29 is 9.59 Å². The predicted molar refractivity (Wildman–Crippen MR) is 113 cm³/mol. The summed E-state index contributed by atoms with van der Waals surface area (Å²) in [7, 11) is 1.77. The highest BCUT2D eigenvalue weighted by molar-refractivity contribution is 6.38. The van der Waals surface area contributed by atoms with Crippen LogP contribution in [-0.4, -0.2) is 31.6 Å². The Morgan fingerprint density at radius 2 is 1.73 bits per heavy atom. The first-order chi connectivity index (χ1) is 14.5. The van der Waals surface area contributed by atoms with Gasteiger partial charge in [-0.3, -0.25) is 14.6 Å². The van der Waals surface area contributed by atoms with Crippen LogP contribution in [0, 0.1) is 0 Å². The van der Waals surface area contributed by atoms with Gasteiger partial charge in [0.15, 0.2) is 5.65 Å². The van der Waals surface area contributed by atoms with Crippen molar-refractivity contribution >= 4 is 28.5 Å². The third kappa shape index (κ3) is 2.55. The third-order valence-corrected chi connectivity index (χ3v) is 5.46. The Morgan fingerprint density at radius 1 is 0.967 bits per heavy atom. The van der Waals surface area contributed by atoms with Crippen LogP contribution in [0.15, 0.2) is 55.0 Å². The van der Waals surface area contributed by atoms with Gasteiger partial charge >= 0.3 is 0 Å². The second-order valence-electron chi connectivity index (χ2n) is 7.65. The van der Waals surface area contributed by atoms with E-state index in [9.17, 15) is 9.59 Å². The van der Waals surface area contributed by atoms with Crippen LogP contribution in [-0.2, 0) is 7.05 Å². The minimum atomic E-state index is -0.373. The van der Waals surface area contributed by atoms with Gasteiger partial charge in [-0.1, -0.05) is 26.0 Å². The Balaban J connectivity index is 1.70. The molecule has 3 aromatic heterocycles. The maximum absolute atomic E-state index is 13.5. The summed E-state index contributed by atoms with van der Waals surface area (Å²) in [6, 6.07) is 11.2. The summed E-state index contributed by atoms with van der Waals surface area (Å²) in [5.41, 5.74) is 4.21. The first-order valence-electron chi connectivity index (χ1n) is 9.72. The summed E-state index contributed by atoms with van der Waals surface area (Å²) in [5, 5.41) is 5.13. The van der Waals surface area contributed by atoms with Gasteiger partial charge < -0.3 is 0 Å². The van der Waals surface area contributed by atoms with Crippen LogP contribution in [0.3, 0.4) is 0 Å². The predicted octanol–water partition coefficient (Wildman–Crippen LogP) is 3.95. The molecule has 1 aliphatic heterocycles. The van der Waals surface area contributed by atoms with Crippen LogP contribution >= 0.6 is 0 Å². The zero-order valence-corrected chi connectivity index (χ0v) is 16.8. The number of pyridine rings is 2. The van der Waals surface area contributed by atoms with Crippen LogP contribution in [0.25, 0.3) is 22.3 Å². The SMILES string of the molecule is CC(C)c1ccc(N2C(=O)c3cnc4c(c(-c5cccnc5)nn4C)c3C2=O)cc1. The van der Waals surface area contributed by atoms with E-state index in [2.05, 4.69) is 28.9 Å². The average molecular weight is 397 g/mol. The lowest BCUT2D eigenvalue weighted by Gasteiger charge is -2.15. The van der Waals surface area contributed by atoms with Crippen molar-refractivity contribution in [1.82, 2.24) is 19.7 Å². The second-order valence-corrected chi connectivity index (χ2v) is 7.65. The molecule has 1 aromatic carbocycles. The summed E-state index contributed by atoms with van der Waals surface area (Å²) < 4.78 is 1.62. The first-order valence-corrected chi connectivity index (χ1v) is 9.72. The van der Waals surface area contributed by atoms with Crippen molar-refractivity contribution in [2.45, 2.75) is 19.8 Å². The van der Waals surface area contributed by atoms with Gasteiger partial charge in [0.1, 0.15) is 5.69 Å². The van der Waals surface area contributed by atoms with Gasteiger partial charge in [-0.05, 0) is 35.7 Å². The second kappa shape index (κ2) is 6.59. The zero-order valence-electron chi connectivity index (χ0n) is 16.8. The van der Waals surface area contributed by atoms with Crippen molar-refractivity contribution in [2.75, 3.05) is 4.90 Å². The molecule has 148 valence electrons. The van der Waals surface area contributed by atoms with Crippen LogP contribution < -0.4 is 4.90 Å². The fourth-order valence-electron chi connectivity index (χ4n) is 3.87. The van der Waals surface area contributed by atoms with Gasteiger partial charge in [-0.25, -0.2) is 14.6 Å². The van der Waals surface area contributed by atoms with Crippen LogP contribution in [0.5, 0.6) is 0 Å². The summed E-state index contributed by atoms with van der Waals surface area (Å²) in [6.45, 7) is 4.20. The number of hydrogen-bond donors (Lipinski definition) is 0. The number of rotatable bonds is 3. The van der Waals surface area contributed by atoms with Crippen molar-refractivity contribution in [2.24, 2.45) is 7.05 Å². The van der Waals surface area contributed by atoms with Crippen molar-refractivity contribution in [1.29, 1.82) is 0 Å². The molecule has 0 atom stereocenters. The zero-order chi connectivity index (χ0) is 21.0. The molecular weight excluding hydrogens is 378 g/mol. The van der Waals surface area contributed by atoms with Gasteiger partial charge in [0.25, 0.3) is 11.8 Å². The van der Waals surface area contributed by atoms with Crippen LogP contribution in [0.2, 0.25) is 0 Å². The van der Waals surface area contributed by atoms with Gasteiger partial charge in [0.2, 0.25) is 0 Å². The van der Waals surface area contributed by atoms with Gasteiger partial charge in [-0.2, -0.15) is 5.10 Å². The Hall–Kier alpha value is -3.87. The first kappa shape index (κ1) is 18.2. The number of carbonyl (C=O) groups excluding carboxylic acids is 2. The molecule has 0 N–H and O–H groups in total. The van der Waals surface area contributed by atoms with E-state index < -0.39 is 0 Å². The van der Waals surface area contributed by atoms with E-state index in [1.54, 1.807) is 24.1 Å².